The van der Waals surface area contributed by atoms with Gasteiger partial charge in [0, 0.05) is 17.2 Å². The van der Waals surface area contributed by atoms with E-state index in [0.717, 1.165) is 16.6 Å². The molecule has 0 spiro atoms. The monoisotopic (exact) mass is 438 g/mol. The number of nitrogens with two attached hydrogens (primary N) is 1. The SMILES string of the molecule is Cc1nn2c([O-])cc(-c3ccc(S(N)(=O)=O)cc3)nc2c1-c1ccc(F)cc1F.[Na+]. The molecule has 0 unspecified atom stereocenters. The molecule has 2 aromatic heterocycles. The zero-order chi connectivity index (χ0) is 20.9. The van der Waals surface area contributed by atoms with Crippen molar-refractivity contribution in [2.75, 3.05) is 0 Å². The molecule has 148 valence electrons. The summed E-state index contributed by atoms with van der Waals surface area (Å²) in [6.07, 6.45) is 0. The predicted molar refractivity (Wildman–Crippen MR) is 99.3 cm³/mol. The molecular formula is C19H13F2N4NaO3S. The molecular weight excluding hydrogens is 425 g/mol. The number of nitrogens with zero attached hydrogens (tertiary/aromatic N) is 3. The van der Waals surface area contributed by atoms with E-state index < -0.39 is 27.5 Å². The van der Waals surface area contributed by atoms with Crippen LogP contribution >= 0.6 is 0 Å². The van der Waals surface area contributed by atoms with Gasteiger partial charge in [-0.05, 0) is 43.1 Å². The Labute approximate surface area is 192 Å². The van der Waals surface area contributed by atoms with Gasteiger partial charge >= 0.3 is 29.6 Å². The van der Waals surface area contributed by atoms with Gasteiger partial charge in [0.1, 0.15) is 11.6 Å². The van der Waals surface area contributed by atoms with Crippen molar-refractivity contribution in [3.8, 4) is 28.3 Å². The Morgan fingerprint density at radius 1 is 1.07 bits per heavy atom. The van der Waals surface area contributed by atoms with Gasteiger partial charge in [-0.25, -0.2) is 31.8 Å². The van der Waals surface area contributed by atoms with Gasteiger partial charge in [-0.15, -0.1) is 0 Å². The number of fused-ring (bicyclic) bond motifs is 1. The first-order valence-corrected chi connectivity index (χ1v) is 9.86. The van der Waals surface area contributed by atoms with Crippen molar-refractivity contribution >= 4 is 15.7 Å². The molecule has 7 nitrogen and oxygen atoms in total. The van der Waals surface area contributed by atoms with Crippen molar-refractivity contribution in [1.29, 1.82) is 0 Å². The van der Waals surface area contributed by atoms with Crippen LogP contribution in [0.2, 0.25) is 0 Å². The Morgan fingerprint density at radius 3 is 2.33 bits per heavy atom. The summed E-state index contributed by atoms with van der Waals surface area (Å²) >= 11 is 0. The molecule has 2 N–H and O–H groups in total. The number of halogens is 2. The van der Waals surface area contributed by atoms with Gasteiger partial charge in [0.2, 0.25) is 10.0 Å². The number of primary sulfonamides is 1. The van der Waals surface area contributed by atoms with Gasteiger partial charge in [-0.2, -0.15) is 5.10 Å². The summed E-state index contributed by atoms with van der Waals surface area (Å²) in [5.41, 5.74) is 1.48. The van der Waals surface area contributed by atoms with Gasteiger partial charge in [0.25, 0.3) is 0 Å². The molecule has 0 bridgehead atoms. The minimum absolute atomic E-state index is 0. The molecule has 0 aliphatic heterocycles. The van der Waals surface area contributed by atoms with Crippen LogP contribution in [0.15, 0.2) is 53.4 Å². The minimum Gasteiger partial charge on any atom is -0.858 e. The largest absolute Gasteiger partial charge is 1.00 e. The van der Waals surface area contributed by atoms with E-state index in [0.29, 0.717) is 11.3 Å². The summed E-state index contributed by atoms with van der Waals surface area (Å²) in [7, 11) is -3.86. The first-order chi connectivity index (χ1) is 13.6. The van der Waals surface area contributed by atoms with E-state index in [4.69, 9.17) is 5.14 Å². The molecule has 11 heteroatoms. The normalized spacial score (nSPS) is 11.5. The number of hydrogen-bond donors (Lipinski definition) is 1. The zero-order valence-electron chi connectivity index (χ0n) is 15.9. The van der Waals surface area contributed by atoms with E-state index in [1.54, 1.807) is 6.92 Å². The van der Waals surface area contributed by atoms with Crippen LogP contribution in [-0.4, -0.2) is 23.0 Å². The first-order valence-electron chi connectivity index (χ1n) is 8.31. The van der Waals surface area contributed by atoms with E-state index in [1.165, 1.54) is 36.4 Å². The topological polar surface area (TPSA) is 113 Å². The summed E-state index contributed by atoms with van der Waals surface area (Å²) in [4.78, 5) is 4.33. The number of rotatable bonds is 3. The van der Waals surface area contributed by atoms with Crippen LogP contribution in [0.4, 0.5) is 8.78 Å². The van der Waals surface area contributed by atoms with E-state index in [9.17, 15) is 22.3 Å². The van der Waals surface area contributed by atoms with E-state index in [1.807, 2.05) is 0 Å². The average Bonchev–Trinajstić information content (AvgIpc) is 2.98. The molecule has 2 aromatic carbocycles. The zero-order valence-corrected chi connectivity index (χ0v) is 18.7. The van der Waals surface area contributed by atoms with Crippen molar-refractivity contribution in [2.45, 2.75) is 11.8 Å². The molecule has 0 saturated carbocycles. The maximum atomic E-state index is 14.4. The number of aryl methyl sites for hydroxylation is 1. The summed E-state index contributed by atoms with van der Waals surface area (Å²) in [6, 6.07) is 9.84. The fraction of sp³-hybridized carbons (Fsp3) is 0.0526. The molecule has 0 fully saturated rings. The van der Waals surface area contributed by atoms with Crippen LogP contribution in [0.5, 0.6) is 5.88 Å². The molecule has 2 heterocycles. The van der Waals surface area contributed by atoms with Crippen LogP contribution in [0.1, 0.15) is 5.69 Å². The third-order valence-electron chi connectivity index (χ3n) is 4.41. The van der Waals surface area contributed by atoms with Gasteiger partial charge in [-0.3, -0.25) is 0 Å². The number of sulfonamides is 1. The second-order valence-electron chi connectivity index (χ2n) is 6.37. The summed E-state index contributed by atoms with van der Waals surface area (Å²) in [6.45, 7) is 1.59. The number of aromatic nitrogens is 3. The van der Waals surface area contributed by atoms with Crippen LogP contribution in [0, 0.1) is 18.6 Å². The average molecular weight is 438 g/mol. The van der Waals surface area contributed by atoms with E-state index in [-0.39, 0.29) is 56.9 Å². The Morgan fingerprint density at radius 2 is 1.73 bits per heavy atom. The summed E-state index contributed by atoms with van der Waals surface area (Å²) in [5, 5.41) is 21.7. The van der Waals surface area contributed by atoms with E-state index in [2.05, 4.69) is 10.1 Å². The second-order valence-corrected chi connectivity index (χ2v) is 7.93. The Hall–Kier alpha value is -2.37. The van der Waals surface area contributed by atoms with Gasteiger partial charge in [0.15, 0.2) is 5.65 Å². The maximum absolute atomic E-state index is 14.4. The molecule has 0 radical (unpaired) electrons. The molecule has 0 amide bonds. The molecule has 0 atom stereocenters. The van der Waals surface area contributed by atoms with Crippen molar-refractivity contribution in [3.05, 3.63) is 65.9 Å². The number of hydrogen-bond acceptors (Lipinski definition) is 5. The van der Waals surface area contributed by atoms with Crippen LogP contribution in [0.3, 0.4) is 0 Å². The smallest absolute Gasteiger partial charge is 0.858 e. The molecule has 0 aliphatic carbocycles. The Kier molecular flexibility index (Phi) is 5.99. The quantitative estimate of drug-likeness (QED) is 0.428. The Bertz CT molecular complexity index is 1370. The van der Waals surface area contributed by atoms with E-state index >= 15 is 0 Å². The predicted octanol–water partition coefficient (Wildman–Crippen LogP) is -0.625. The van der Waals surface area contributed by atoms with Crippen molar-refractivity contribution in [2.24, 2.45) is 5.14 Å². The Balaban J connectivity index is 0.00000256. The minimum atomic E-state index is -3.86. The molecule has 0 saturated heterocycles. The molecule has 4 aromatic rings. The molecule has 0 aliphatic rings. The maximum Gasteiger partial charge on any atom is 1.00 e. The van der Waals surface area contributed by atoms with Gasteiger partial charge < -0.3 is 5.11 Å². The molecule has 30 heavy (non-hydrogen) atoms. The van der Waals surface area contributed by atoms with Crippen LogP contribution in [-0.2, 0) is 10.0 Å². The third kappa shape index (κ3) is 3.96. The third-order valence-corrected chi connectivity index (χ3v) is 5.34. The summed E-state index contributed by atoms with van der Waals surface area (Å²) in [5.74, 6) is -2.04. The van der Waals surface area contributed by atoms with Gasteiger partial charge in [0.05, 0.1) is 21.8 Å². The second kappa shape index (κ2) is 8.05. The van der Waals surface area contributed by atoms with Crippen LogP contribution < -0.4 is 39.8 Å². The fourth-order valence-electron chi connectivity index (χ4n) is 3.07. The van der Waals surface area contributed by atoms with Gasteiger partial charge in [-0.1, -0.05) is 12.1 Å². The van der Waals surface area contributed by atoms with Crippen molar-refractivity contribution < 1.29 is 51.9 Å². The summed E-state index contributed by atoms with van der Waals surface area (Å²) < 4.78 is 51.5. The van der Waals surface area contributed by atoms with Crippen LogP contribution in [0.25, 0.3) is 28.0 Å². The number of benzene rings is 2. The standard InChI is InChI=1S/C19H14F2N4O3S.Na/c1-10-18(14-7-4-12(20)8-15(14)21)19-23-16(9-17(26)25(19)24-10)11-2-5-13(6-3-11)29(22,27)28;/h2-9,26H,1H3,(H2,22,27,28);/q;+1/p-1. The fourth-order valence-corrected chi connectivity index (χ4v) is 3.58. The molecule has 4 rings (SSSR count). The van der Waals surface area contributed by atoms with Crippen molar-refractivity contribution in [1.82, 2.24) is 14.6 Å². The first kappa shape index (κ1) is 22.3. The van der Waals surface area contributed by atoms with Crippen molar-refractivity contribution in [3.63, 3.8) is 0 Å².